The van der Waals surface area contributed by atoms with E-state index in [4.69, 9.17) is 0 Å². The summed E-state index contributed by atoms with van der Waals surface area (Å²) in [5.41, 5.74) is 1.50. The van der Waals surface area contributed by atoms with E-state index in [0.717, 1.165) is 12.1 Å². The Balaban J connectivity index is 2.50. The number of hydrogen-bond acceptors (Lipinski definition) is 3. The third-order valence-corrected chi connectivity index (χ3v) is 3.50. The van der Waals surface area contributed by atoms with Crippen LogP contribution in [0.25, 0.3) is 0 Å². The number of amides is 1. The zero-order chi connectivity index (χ0) is 16.0. The number of carbonyl (C=O) groups excluding carboxylic acids is 2. The third kappa shape index (κ3) is 5.31. The van der Waals surface area contributed by atoms with Crippen LogP contribution >= 0.6 is 0 Å². The molecule has 1 rings (SSSR count). The maximum absolute atomic E-state index is 12.0. The Kier molecular flexibility index (Phi) is 6.56. The van der Waals surface area contributed by atoms with Gasteiger partial charge in [0.2, 0.25) is 5.78 Å². The Morgan fingerprint density at radius 1 is 1.05 bits per heavy atom. The van der Waals surface area contributed by atoms with Crippen molar-refractivity contribution in [1.29, 1.82) is 0 Å². The number of nitrogens with one attached hydrogen (secondary N) is 1. The van der Waals surface area contributed by atoms with Gasteiger partial charge in [-0.2, -0.15) is 0 Å². The fourth-order valence-electron chi connectivity index (χ4n) is 2.33. The van der Waals surface area contributed by atoms with Gasteiger partial charge in [0, 0.05) is 30.7 Å². The molecule has 0 unspecified atom stereocenters. The van der Waals surface area contributed by atoms with Gasteiger partial charge in [-0.25, -0.2) is 0 Å². The summed E-state index contributed by atoms with van der Waals surface area (Å²) in [6, 6.07) is 7.86. The molecule has 1 amide bonds. The molecule has 0 heterocycles. The first kappa shape index (κ1) is 17.4. The van der Waals surface area contributed by atoms with Crippen LogP contribution in [0.2, 0.25) is 0 Å². The zero-order valence-electron chi connectivity index (χ0n) is 13.6. The first-order valence-corrected chi connectivity index (χ1v) is 7.48. The highest BCUT2D eigenvalue weighted by atomic mass is 16.2. The molecule has 4 nitrogen and oxygen atoms in total. The summed E-state index contributed by atoms with van der Waals surface area (Å²) in [5, 5.41) is 2.71. The highest BCUT2D eigenvalue weighted by molar-refractivity contribution is 6.42. The van der Waals surface area contributed by atoms with Crippen molar-refractivity contribution < 1.29 is 9.59 Å². The molecule has 116 valence electrons. The molecule has 0 saturated carbocycles. The Hall–Kier alpha value is -1.68. The summed E-state index contributed by atoms with van der Waals surface area (Å²) in [6.45, 7) is 11.7. The van der Waals surface area contributed by atoms with Crippen LogP contribution in [0.1, 0.15) is 43.6 Å². The standard InChI is InChI=1S/C17H26N2O2/c1-12(2)19(13(3)4)11-10-18-17(21)16(20)15-8-6-14(5)7-9-15/h6-9,12-13H,10-11H2,1-5H3,(H,18,21). The molecular weight excluding hydrogens is 264 g/mol. The lowest BCUT2D eigenvalue weighted by molar-refractivity contribution is -0.117. The van der Waals surface area contributed by atoms with Crippen LogP contribution in [0.3, 0.4) is 0 Å². The Morgan fingerprint density at radius 2 is 1.57 bits per heavy atom. The predicted molar refractivity (Wildman–Crippen MR) is 85.5 cm³/mol. The van der Waals surface area contributed by atoms with Gasteiger partial charge in [0.05, 0.1) is 0 Å². The SMILES string of the molecule is Cc1ccc(C(=O)C(=O)NCCN(C(C)C)C(C)C)cc1. The summed E-state index contributed by atoms with van der Waals surface area (Å²) < 4.78 is 0. The van der Waals surface area contributed by atoms with Gasteiger partial charge in [0.15, 0.2) is 0 Å². The maximum atomic E-state index is 12.0. The minimum absolute atomic E-state index is 0.412. The fourth-order valence-corrected chi connectivity index (χ4v) is 2.33. The number of Topliss-reactive ketones (excluding diaryl/α,β-unsaturated/α-hetero) is 1. The number of carbonyl (C=O) groups is 2. The second-order valence-corrected chi connectivity index (χ2v) is 5.88. The van der Waals surface area contributed by atoms with E-state index in [1.165, 1.54) is 0 Å². The van der Waals surface area contributed by atoms with Gasteiger partial charge in [-0.05, 0) is 34.6 Å². The lowest BCUT2D eigenvalue weighted by atomic mass is 10.1. The quantitative estimate of drug-likeness (QED) is 0.620. The highest BCUT2D eigenvalue weighted by Crippen LogP contribution is 2.05. The summed E-state index contributed by atoms with van der Waals surface area (Å²) in [4.78, 5) is 26.1. The molecule has 0 fully saturated rings. The van der Waals surface area contributed by atoms with Crippen LogP contribution in [0.4, 0.5) is 0 Å². The van der Waals surface area contributed by atoms with Gasteiger partial charge in [-0.15, -0.1) is 0 Å². The average Bonchev–Trinajstić information content (AvgIpc) is 2.42. The van der Waals surface area contributed by atoms with Crippen LogP contribution in [-0.2, 0) is 4.79 Å². The van der Waals surface area contributed by atoms with Gasteiger partial charge in [0.25, 0.3) is 5.91 Å². The molecule has 1 aromatic carbocycles. The number of nitrogens with zero attached hydrogens (tertiary/aromatic N) is 1. The van der Waals surface area contributed by atoms with Crippen molar-refractivity contribution in [2.24, 2.45) is 0 Å². The van der Waals surface area contributed by atoms with Gasteiger partial charge in [0.1, 0.15) is 0 Å². The second kappa shape index (κ2) is 7.93. The van der Waals surface area contributed by atoms with Gasteiger partial charge < -0.3 is 5.32 Å². The highest BCUT2D eigenvalue weighted by Gasteiger charge is 2.17. The van der Waals surface area contributed by atoms with Crippen molar-refractivity contribution in [3.05, 3.63) is 35.4 Å². The molecule has 1 aromatic rings. The molecule has 0 spiro atoms. The number of benzene rings is 1. The van der Waals surface area contributed by atoms with E-state index in [2.05, 4.69) is 37.9 Å². The molecule has 4 heteroatoms. The molecular formula is C17H26N2O2. The van der Waals surface area contributed by atoms with E-state index < -0.39 is 11.7 Å². The molecule has 21 heavy (non-hydrogen) atoms. The van der Waals surface area contributed by atoms with Crippen molar-refractivity contribution >= 4 is 11.7 Å². The van der Waals surface area contributed by atoms with Gasteiger partial charge in [-0.1, -0.05) is 29.8 Å². The van der Waals surface area contributed by atoms with E-state index in [1.807, 2.05) is 19.1 Å². The Labute approximate surface area is 127 Å². The topological polar surface area (TPSA) is 49.4 Å². The van der Waals surface area contributed by atoms with Crippen LogP contribution in [0.5, 0.6) is 0 Å². The normalized spacial score (nSPS) is 11.2. The summed E-state index contributed by atoms with van der Waals surface area (Å²) in [5.74, 6) is -1.01. The zero-order valence-corrected chi connectivity index (χ0v) is 13.6. The van der Waals surface area contributed by atoms with Crippen LogP contribution in [0.15, 0.2) is 24.3 Å². The number of ketones is 1. The largest absolute Gasteiger partial charge is 0.348 e. The number of rotatable bonds is 7. The molecule has 0 atom stereocenters. The molecule has 0 aliphatic carbocycles. The Bertz CT molecular complexity index is 470. The van der Waals surface area contributed by atoms with Crippen molar-refractivity contribution in [1.82, 2.24) is 10.2 Å². The molecule has 0 aliphatic heterocycles. The predicted octanol–water partition coefficient (Wildman–Crippen LogP) is 2.41. The maximum Gasteiger partial charge on any atom is 0.292 e. The summed E-state index contributed by atoms with van der Waals surface area (Å²) in [7, 11) is 0. The van der Waals surface area contributed by atoms with Crippen LogP contribution in [-0.4, -0.2) is 41.8 Å². The third-order valence-electron chi connectivity index (χ3n) is 3.50. The van der Waals surface area contributed by atoms with Crippen molar-refractivity contribution in [2.75, 3.05) is 13.1 Å². The van der Waals surface area contributed by atoms with E-state index in [0.29, 0.717) is 24.2 Å². The van der Waals surface area contributed by atoms with Crippen LogP contribution in [0, 0.1) is 6.92 Å². The lowest BCUT2D eigenvalue weighted by Crippen LogP contribution is -2.43. The molecule has 0 radical (unpaired) electrons. The van der Waals surface area contributed by atoms with E-state index in [-0.39, 0.29) is 0 Å². The first-order valence-electron chi connectivity index (χ1n) is 7.48. The smallest absolute Gasteiger partial charge is 0.292 e. The van der Waals surface area contributed by atoms with E-state index in [9.17, 15) is 9.59 Å². The van der Waals surface area contributed by atoms with Crippen molar-refractivity contribution in [3.63, 3.8) is 0 Å². The Morgan fingerprint density at radius 3 is 2.05 bits per heavy atom. The monoisotopic (exact) mass is 290 g/mol. The van der Waals surface area contributed by atoms with Crippen LogP contribution < -0.4 is 5.32 Å². The van der Waals surface area contributed by atoms with E-state index >= 15 is 0 Å². The molecule has 0 bridgehead atoms. The van der Waals surface area contributed by atoms with Gasteiger partial charge >= 0.3 is 0 Å². The number of aryl methyl sites for hydroxylation is 1. The molecule has 0 saturated heterocycles. The lowest BCUT2D eigenvalue weighted by Gasteiger charge is -2.30. The van der Waals surface area contributed by atoms with Gasteiger partial charge in [-0.3, -0.25) is 14.5 Å². The molecule has 0 aliphatic rings. The minimum atomic E-state index is -0.536. The minimum Gasteiger partial charge on any atom is -0.348 e. The summed E-state index contributed by atoms with van der Waals surface area (Å²) >= 11 is 0. The van der Waals surface area contributed by atoms with Crippen molar-refractivity contribution in [2.45, 2.75) is 46.7 Å². The summed E-state index contributed by atoms with van der Waals surface area (Å²) in [6.07, 6.45) is 0. The average molecular weight is 290 g/mol. The molecule has 0 aromatic heterocycles. The molecule has 1 N–H and O–H groups in total. The van der Waals surface area contributed by atoms with E-state index in [1.54, 1.807) is 12.1 Å². The first-order chi connectivity index (χ1) is 9.82. The number of hydrogen-bond donors (Lipinski definition) is 1. The fraction of sp³-hybridized carbons (Fsp3) is 0.529. The van der Waals surface area contributed by atoms with Crippen molar-refractivity contribution in [3.8, 4) is 0 Å². The second-order valence-electron chi connectivity index (χ2n) is 5.88.